The first-order chi connectivity index (χ1) is 14.0. The summed E-state index contributed by atoms with van der Waals surface area (Å²) in [5.41, 5.74) is 1.93. The molecule has 2 unspecified atom stereocenters. The molecule has 1 N–H and O–H groups in total. The number of carbonyl (C=O) groups excluding carboxylic acids is 1. The summed E-state index contributed by atoms with van der Waals surface area (Å²) in [5, 5.41) is 20.8. The molecule has 0 radical (unpaired) electrons. The lowest BCUT2D eigenvalue weighted by Gasteiger charge is -2.51. The van der Waals surface area contributed by atoms with E-state index in [2.05, 4.69) is 6.07 Å². The zero-order valence-corrected chi connectivity index (χ0v) is 16.4. The van der Waals surface area contributed by atoms with Crippen molar-refractivity contribution in [1.82, 2.24) is 4.90 Å². The van der Waals surface area contributed by atoms with Crippen molar-refractivity contribution < 1.29 is 19.4 Å². The highest BCUT2D eigenvalue weighted by atomic mass is 16.6. The second-order valence-corrected chi connectivity index (χ2v) is 7.82. The van der Waals surface area contributed by atoms with E-state index in [0.717, 1.165) is 16.7 Å². The quantitative estimate of drug-likeness (QED) is 0.867. The molecule has 2 aromatic rings. The minimum absolute atomic E-state index is 0.212. The first-order valence-electron chi connectivity index (χ1n) is 9.81. The minimum Gasteiger partial charge on any atom is -0.445 e. The Labute approximate surface area is 170 Å². The molecule has 2 aromatic carbocycles. The summed E-state index contributed by atoms with van der Waals surface area (Å²) in [6.45, 7) is 2.79. The molecule has 0 spiro atoms. The zero-order chi connectivity index (χ0) is 20.4. The minimum atomic E-state index is -1.10. The van der Waals surface area contributed by atoms with Gasteiger partial charge in [-0.15, -0.1) is 0 Å². The van der Waals surface area contributed by atoms with Crippen LogP contribution in [-0.2, 0) is 21.7 Å². The zero-order valence-electron chi connectivity index (χ0n) is 16.4. The second kappa shape index (κ2) is 7.86. The summed E-state index contributed by atoms with van der Waals surface area (Å²) in [6, 6.07) is 16.6. The maximum Gasteiger partial charge on any atom is 0.410 e. The van der Waals surface area contributed by atoms with Gasteiger partial charge in [-0.05, 0) is 29.7 Å². The molecule has 0 aromatic heterocycles. The van der Waals surface area contributed by atoms with Crippen LogP contribution in [0, 0.1) is 18.3 Å². The number of rotatable bonds is 3. The Balaban J connectivity index is 1.53. The Kier molecular flexibility index (Phi) is 5.27. The van der Waals surface area contributed by atoms with Crippen LogP contribution in [0.5, 0.6) is 0 Å². The molecule has 2 atom stereocenters. The first kappa shape index (κ1) is 19.4. The Morgan fingerprint density at radius 2 is 1.90 bits per heavy atom. The van der Waals surface area contributed by atoms with Gasteiger partial charge in [-0.1, -0.05) is 42.5 Å². The topological polar surface area (TPSA) is 82.8 Å². The number of nitrogens with zero attached hydrogens (tertiary/aromatic N) is 2. The number of carbonyl (C=O) groups is 1. The predicted octanol–water partition coefficient (Wildman–Crippen LogP) is 3.25. The van der Waals surface area contributed by atoms with Crippen LogP contribution in [0.2, 0.25) is 0 Å². The monoisotopic (exact) mass is 392 g/mol. The van der Waals surface area contributed by atoms with E-state index in [1.165, 1.54) is 0 Å². The van der Waals surface area contributed by atoms with Crippen LogP contribution in [-0.4, -0.2) is 41.4 Å². The number of amides is 1. The maximum absolute atomic E-state index is 12.8. The van der Waals surface area contributed by atoms with Crippen molar-refractivity contribution in [3.8, 4) is 6.07 Å². The van der Waals surface area contributed by atoms with Crippen molar-refractivity contribution in [2.75, 3.05) is 13.2 Å². The molecule has 2 heterocycles. The first-order valence-corrected chi connectivity index (χ1v) is 9.81. The van der Waals surface area contributed by atoms with Gasteiger partial charge in [0.15, 0.2) is 0 Å². The highest BCUT2D eigenvalue weighted by molar-refractivity contribution is 5.69. The lowest BCUT2D eigenvalue weighted by Crippen LogP contribution is -2.62. The molecule has 2 saturated heterocycles. The molecule has 6 nitrogen and oxygen atoms in total. The van der Waals surface area contributed by atoms with Crippen molar-refractivity contribution in [1.29, 1.82) is 5.26 Å². The molecule has 2 aliphatic rings. The van der Waals surface area contributed by atoms with Crippen LogP contribution in [0.1, 0.15) is 35.1 Å². The van der Waals surface area contributed by atoms with Gasteiger partial charge < -0.3 is 14.6 Å². The molecule has 150 valence electrons. The van der Waals surface area contributed by atoms with Crippen LogP contribution in [0.3, 0.4) is 0 Å². The number of nitriles is 1. The van der Waals surface area contributed by atoms with Crippen molar-refractivity contribution in [3.05, 3.63) is 70.8 Å². The van der Waals surface area contributed by atoms with Gasteiger partial charge in [0.1, 0.15) is 6.61 Å². The van der Waals surface area contributed by atoms with Gasteiger partial charge in [-0.3, -0.25) is 4.90 Å². The normalized spacial score (nSPS) is 25.9. The molecule has 2 aliphatic heterocycles. The highest BCUT2D eigenvalue weighted by Gasteiger charge is 2.49. The van der Waals surface area contributed by atoms with Crippen LogP contribution in [0.25, 0.3) is 0 Å². The SMILES string of the molecule is Cc1c(C#N)cccc1C1(O)CC2COCC(C1)N2C(=O)OCc1ccccc1. The van der Waals surface area contributed by atoms with E-state index < -0.39 is 5.60 Å². The third-order valence-electron chi connectivity index (χ3n) is 5.93. The number of ether oxygens (including phenoxy) is 2. The largest absolute Gasteiger partial charge is 0.445 e. The van der Waals surface area contributed by atoms with Crippen molar-refractivity contribution in [2.45, 2.75) is 44.1 Å². The standard InChI is InChI=1S/C23H24N2O4/c1-16-18(12-24)8-5-9-21(16)23(27)10-19-14-28-15-20(11-23)25(19)22(26)29-13-17-6-3-2-4-7-17/h2-9,19-20,27H,10-11,13-15H2,1H3. The number of hydrogen-bond acceptors (Lipinski definition) is 5. The summed E-state index contributed by atoms with van der Waals surface area (Å²) in [4.78, 5) is 14.5. The molecule has 2 bridgehead atoms. The van der Waals surface area contributed by atoms with Crippen LogP contribution in [0.4, 0.5) is 4.79 Å². The fourth-order valence-corrected chi connectivity index (χ4v) is 4.55. The lowest BCUT2D eigenvalue weighted by molar-refractivity contribution is -0.137. The van der Waals surface area contributed by atoms with Crippen LogP contribution >= 0.6 is 0 Å². The van der Waals surface area contributed by atoms with Gasteiger partial charge in [0, 0.05) is 12.8 Å². The van der Waals surface area contributed by atoms with Gasteiger partial charge in [-0.25, -0.2) is 4.79 Å². The van der Waals surface area contributed by atoms with Crippen molar-refractivity contribution in [3.63, 3.8) is 0 Å². The number of fused-ring (bicyclic) bond motifs is 2. The summed E-state index contributed by atoms with van der Waals surface area (Å²) in [5.74, 6) is 0. The smallest absolute Gasteiger partial charge is 0.410 e. The Morgan fingerprint density at radius 1 is 1.21 bits per heavy atom. The molecule has 0 aliphatic carbocycles. The lowest BCUT2D eigenvalue weighted by atomic mass is 9.75. The average Bonchev–Trinajstić information content (AvgIpc) is 2.72. The number of piperidine rings is 1. The third kappa shape index (κ3) is 3.71. The Morgan fingerprint density at radius 3 is 2.55 bits per heavy atom. The number of benzene rings is 2. The van der Waals surface area contributed by atoms with E-state index >= 15 is 0 Å². The van der Waals surface area contributed by atoms with Crippen LogP contribution < -0.4 is 0 Å². The van der Waals surface area contributed by atoms with E-state index in [4.69, 9.17) is 9.47 Å². The van der Waals surface area contributed by atoms with Gasteiger partial charge in [0.25, 0.3) is 0 Å². The summed E-state index contributed by atoms with van der Waals surface area (Å²) in [7, 11) is 0. The van der Waals surface area contributed by atoms with Crippen molar-refractivity contribution in [2.24, 2.45) is 0 Å². The Bertz CT molecular complexity index is 924. The van der Waals surface area contributed by atoms with Gasteiger partial charge in [0.2, 0.25) is 0 Å². The molecule has 2 fully saturated rings. The predicted molar refractivity (Wildman–Crippen MR) is 106 cm³/mol. The highest BCUT2D eigenvalue weighted by Crippen LogP contribution is 2.42. The number of morpholine rings is 1. The van der Waals surface area contributed by atoms with E-state index in [1.54, 1.807) is 17.0 Å². The molecular formula is C23H24N2O4. The fraction of sp³-hybridized carbons (Fsp3) is 0.391. The number of hydrogen-bond donors (Lipinski definition) is 1. The van der Waals surface area contributed by atoms with Crippen molar-refractivity contribution >= 4 is 6.09 Å². The second-order valence-electron chi connectivity index (χ2n) is 7.82. The maximum atomic E-state index is 12.8. The third-order valence-corrected chi connectivity index (χ3v) is 5.93. The molecule has 1 amide bonds. The van der Waals surface area contributed by atoms with Gasteiger partial charge >= 0.3 is 6.09 Å². The van der Waals surface area contributed by atoms with Gasteiger partial charge in [0.05, 0.1) is 42.5 Å². The van der Waals surface area contributed by atoms with E-state index in [-0.39, 0.29) is 24.8 Å². The molecule has 6 heteroatoms. The molecular weight excluding hydrogens is 368 g/mol. The summed E-state index contributed by atoms with van der Waals surface area (Å²) >= 11 is 0. The average molecular weight is 392 g/mol. The van der Waals surface area contributed by atoms with E-state index in [1.807, 2.05) is 43.3 Å². The van der Waals surface area contributed by atoms with E-state index in [9.17, 15) is 15.2 Å². The number of aliphatic hydroxyl groups is 1. The molecule has 4 rings (SSSR count). The Hall–Kier alpha value is -2.88. The van der Waals surface area contributed by atoms with Gasteiger partial charge in [-0.2, -0.15) is 5.26 Å². The summed E-state index contributed by atoms with van der Waals surface area (Å²) in [6.07, 6.45) is 0.316. The molecule has 0 saturated carbocycles. The van der Waals surface area contributed by atoms with Crippen LogP contribution in [0.15, 0.2) is 48.5 Å². The fourth-order valence-electron chi connectivity index (χ4n) is 4.55. The van der Waals surface area contributed by atoms with E-state index in [0.29, 0.717) is 31.6 Å². The molecule has 29 heavy (non-hydrogen) atoms. The summed E-state index contributed by atoms with van der Waals surface area (Å²) < 4.78 is 11.2.